The zero-order valence-corrected chi connectivity index (χ0v) is 9.45. The molecule has 0 radical (unpaired) electrons. The van der Waals surface area contributed by atoms with Crippen LogP contribution >= 0.6 is 0 Å². The van der Waals surface area contributed by atoms with Crippen molar-refractivity contribution >= 4 is 5.91 Å². The lowest BCUT2D eigenvalue weighted by atomic mass is 9.97. The first kappa shape index (κ1) is 11.5. The molecule has 0 aromatic carbocycles. The Morgan fingerprint density at radius 3 is 2.36 bits per heavy atom. The van der Waals surface area contributed by atoms with Crippen LogP contribution in [0, 0.1) is 11.8 Å². The third kappa shape index (κ3) is 3.29. The summed E-state index contributed by atoms with van der Waals surface area (Å²) in [5, 5.41) is 0. The van der Waals surface area contributed by atoms with Crippen molar-refractivity contribution in [1.29, 1.82) is 0 Å². The van der Waals surface area contributed by atoms with E-state index in [-0.39, 0.29) is 5.92 Å². The number of hydrogen-bond acceptors (Lipinski definition) is 2. The summed E-state index contributed by atoms with van der Waals surface area (Å²) in [4.78, 5) is 13.8. The standard InChI is InChI=1S/C11H21NO2/c1-9(2)8-10(3)11(13)12-4-6-14-7-5-12/h9-10H,4-8H2,1-3H3/t10-/m0/s1. The van der Waals surface area contributed by atoms with Gasteiger partial charge in [-0.1, -0.05) is 20.8 Å². The van der Waals surface area contributed by atoms with Crippen molar-refractivity contribution in [2.75, 3.05) is 26.3 Å². The Kier molecular flexibility index (Phi) is 4.39. The van der Waals surface area contributed by atoms with E-state index in [1.807, 2.05) is 11.8 Å². The summed E-state index contributed by atoms with van der Waals surface area (Å²) in [5.41, 5.74) is 0. The summed E-state index contributed by atoms with van der Waals surface area (Å²) in [6.45, 7) is 9.26. The number of amides is 1. The molecule has 1 fully saturated rings. The summed E-state index contributed by atoms with van der Waals surface area (Å²) in [5.74, 6) is 1.05. The van der Waals surface area contributed by atoms with Gasteiger partial charge >= 0.3 is 0 Å². The number of morpholine rings is 1. The molecule has 1 heterocycles. The van der Waals surface area contributed by atoms with Gasteiger partial charge in [-0.3, -0.25) is 4.79 Å². The van der Waals surface area contributed by atoms with E-state index >= 15 is 0 Å². The number of rotatable bonds is 3. The van der Waals surface area contributed by atoms with Gasteiger partial charge in [-0.05, 0) is 12.3 Å². The average molecular weight is 199 g/mol. The fourth-order valence-corrected chi connectivity index (χ4v) is 1.90. The van der Waals surface area contributed by atoms with Crippen molar-refractivity contribution in [2.45, 2.75) is 27.2 Å². The van der Waals surface area contributed by atoms with Gasteiger partial charge in [0, 0.05) is 19.0 Å². The van der Waals surface area contributed by atoms with E-state index in [0.717, 1.165) is 19.5 Å². The highest BCUT2D eigenvalue weighted by atomic mass is 16.5. The quantitative estimate of drug-likeness (QED) is 0.690. The largest absolute Gasteiger partial charge is 0.378 e. The van der Waals surface area contributed by atoms with Gasteiger partial charge in [0.2, 0.25) is 5.91 Å². The molecule has 82 valence electrons. The summed E-state index contributed by atoms with van der Waals surface area (Å²) < 4.78 is 5.22. The predicted molar refractivity (Wildman–Crippen MR) is 56.0 cm³/mol. The Bertz CT molecular complexity index is 186. The van der Waals surface area contributed by atoms with Crippen molar-refractivity contribution in [3.8, 4) is 0 Å². The lowest BCUT2D eigenvalue weighted by Crippen LogP contribution is -2.43. The Morgan fingerprint density at radius 2 is 1.86 bits per heavy atom. The first-order valence-electron chi connectivity index (χ1n) is 5.47. The minimum atomic E-state index is 0.160. The molecule has 0 spiro atoms. The molecule has 0 aromatic rings. The van der Waals surface area contributed by atoms with E-state index < -0.39 is 0 Å². The van der Waals surface area contributed by atoms with Crippen LogP contribution in [0.5, 0.6) is 0 Å². The lowest BCUT2D eigenvalue weighted by molar-refractivity contribution is -0.139. The zero-order chi connectivity index (χ0) is 10.6. The van der Waals surface area contributed by atoms with Crippen LogP contribution in [0.2, 0.25) is 0 Å². The number of hydrogen-bond donors (Lipinski definition) is 0. The fraction of sp³-hybridized carbons (Fsp3) is 0.909. The van der Waals surface area contributed by atoms with E-state index in [9.17, 15) is 4.79 Å². The molecule has 0 bridgehead atoms. The second-order valence-electron chi connectivity index (χ2n) is 4.47. The molecule has 0 aromatic heterocycles. The number of carbonyl (C=O) groups is 1. The van der Waals surface area contributed by atoms with E-state index in [1.165, 1.54) is 0 Å². The molecule has 1 aliphatic rings. The molecule has 0 unspecified atom stereocenters. The highest BCUT2D eigenvalue weighted by Crippen LogP contribution is 2.14. The van der Waals surface area contributed by atoms with E-state index in [2.05, 4.69) is 13.8 Å². The molecule has 1 rings (SSSR count). The van der Waals surface area contributed by atoms with Gasteiger partial charge in [-0.25, -0.2) is 0 Å². The highest BCUT2D eigenvalue weighted by Gasteiger charge is 2.22. The summed E-state index contributed by atoms with van der Waals surface area (Å²) >= 11 is 0. The number of ether oxygens (including phenoxy) is 1. The number of nitrogens with zero attached hydrogens (tertiary/aromatic N) is 1. The Morgan fingerprint density at radius 1 is 1.29 bits per heavy atom. The van der Waals surface area contributed by atoms with Crippen molar-refractivity contribution in [3.63, 3.8) is 0 Å². The van der Waals surface area contributed by atoms with Gasteiger partial charge in [0.05, 0.1) is 13.2 Å². The fourth-order valence-electron chi connectivity index (χ4n) is 1.90. The molecule has 0 aliphatic carbocycles. The maximum Gasteiger partial charge on any atom is 0.225 e. The van der Waals surface area contributed by atoms with Gasteiger partial charge < -0.3 is 9.64 Å². The van der Waals surface area contributed by atoms with Crippen LogP contribution in [0.15, 0.2) is 0 Å². The highest BCUT2D eigenvalue weighted by molar-refractivity contribution is 5.78. The number of carbonyl (C=O) groups excluding carboxylic acids is 1. The van der Waals surface area contributed by atoms with Crippen LogP contribution in [0.1, 0.15) is 27.2 Å². The molecule has 1 atom stereocenters. The predicted octanol–water partition coefficient (Wildman–Crippen LogP) is 1.53. The van der Waals surface area contributed by atoms with Crippen LogP contribution in [0.25, 0.3) is 0 Å². The van der Waals surface area contributed by atoms with Gasteiger partial charge in [0.25, 0.3) is 0 Å². The molecule has 1 saturated heterocycles. The zero-order valence-electron chi connectivity index (χ0n) is 9.45. The first-order chi connectivity index (χ1) is 6.61. The topological polar surface area (TPSA) is 29.5 Å². The van der Waals surface area contributed by atoms with E-state index in [4.69, 9.17) is 4.74 Å². The lowest BCUT2D eigenvalue weighted by Gasteiger charge is -2.29. The van der Waals surface area contributed by atoms with Gasteiger partial charge in [-0.2, -0.15) is 0 Å². The van der Waals surface area contributed by atoms with Crippen LogP contribution in [-0.2, 0) is 9.53 Å². The molecule has 0 N–H and O–H groups in total. The summed E-state index contributed by atoms with van der Waals surface area (Å²) in [6, 6.07) is 0. The smallest absolute Gasteiger partial charge is 0.225 e. The molecule has 3 nitrogen and oxygen atoms in total. The first-order valence-corrected chi connectivity index (χ1v) is 5.47. The van der Waals surface area contributed by atoms with Crippen LogP contribution in [-0.4, -0.2) is 37.1 Å². The molecule has 1 aliphatic heterocycles. The Labute approximate surface area is 86.4 Å². The van der Waals surface area contributed by atoms with Crippen molar-refractivity contribution in [1.82, 2.24) is 4.90 Å². The third-order valence-electron chi connectivity index (χ3n) is 2.57. The van der Waals surface area contributed by atoms with Crippen LogP contribution < -0.4 is 0 Å². The van der Waals surface area contributed by atoms with Crippen LogP contribution in [0.3, 0.4) is 0 Å². The van der Waals surface area contributed by atoms with Gasteiger partial charge in [0.15, 0.2) is 0 Å². The molecule has 1 amide bonds. The van der Waals surface area contributed by atoms with Crippen molar-refractivity contribution in [2.24, 2.45) is 11.8 Å². The minimum absolute atomic E-state index is 0.160. The summed E-state index contributed by atoms with van der Waals surface area (Å²) in [6.07, 6.45) is 0.982. The Hall–Kier alpha value is -0.570. The monoisotopic (exact) mass is 199 g/mol. The van der Waals surface area contributed by atoms with Gasteiger partial charge in [-0.15, -0.1) is 0 Å². The SMILES string of the molecule is CC(C)C[C@H](C)C(=O)N1CCOCC1. The minimum Gasteiger partial charge on any atom is -0.378 e. The molecular weight excluding hydrogens is 178 g/mol. The van der Waals surface area contributed by atoms with Gasteiger partial charge in [0.1, 0.15) is 0 Å². The summed E-state index contributed by atoms with van der Waals surface area (Å²) in [7, 11) is 0. The normalized spacial score (nSPS) is 19.9. The Balaban J connectivity index is 2.38. The molecule has 3 heteroatoms. The van der Waals surface area contributed by atoms with E-state index in [0.29, 0.717) is 25.0 Å². The van der Waals surface area contributed by atoms with E-state index in [1.54, 1.807) is 0 Å². The van der Waals surface area contributed by atoms with Crippen molar-refractivity contribution < 1.29 is 9.53 Å². The molecule has 14 heavy (non-hydrogen) atoms. The average Bonchev–Trinajstić information content (AvgIpc) is 2.17. The molecule has 0 saturated carbocycles. The van der Waals surface area contributed by atoms with Crippen molar-refractivity contribution in [3.05, 3.63) is 0 Å². The maximum absolute atomic E-state index is 11.9. The third-order valence-corrected chi connectivity index (χ3v) is 2.57. The molecular formula is C11H21NO2. The second kappa shape index (κ2) is 5.35. The second-order valence-corrected chi connectivity index (χ2v) is 4.47. The maximum atomic E-state index is 11.9. The van der Waals surface area contributed by atoms with Crippen LogP contribution in [0.4, 0.5) is 0 Å².